The zero-order valence-electron chi connectivity index (χ0n) is 3.59. The molecule has 0 spiro atoms. The molecule has 0 aromatic rings. The fourth-order valence-corrected chi connectivity index (χ4v) is 0.214. The number of carbonyl (C=O) groups is 1. The number of aliphatic carboxylic acids is 1. The van der Waals surface area contributed by atoms with Gasteiger partial charge in [0.05, 0.1) is 5.94 Å². The highest BCUT2D eigenvalue weighted by atomic mass is 31.0. The number of carboxylic acid groups (broad SMARTS) is 1. The molecular weight excluding hydrogens is 112 g/mol. The van der Waals surface area contributed by atoms with Crippen LogP contribution in [0, 0.1) is 0 Å². The largest absolute Gasteiger partial charge is 0.481 e. The van der Waals surface area contributed by atoms with Gasteiger partial charge in [0.2, 0.25) is 0 Å². The Bertz CT molecular complexity index is 78.1. The lowest BCUT2D eigenvalue weighted by Crippen LogP contribution is -2.29. The second kappa shape index (κ2) is 3.00. The standard InChI is InChI=1S/C2H5BNO2P/c3-1(4-7)2(5)6/h1,4H,7H2,(H,5,6). The molecule has 0 saturated heterocycles. The molecule has 0 bridgehead atoms. The van der Waals surface area contributed by atoms with Crippen molar-refractivity contribution >= 4 is 23.2 Å². The van der Waals surface area contributed by atoms with E-state index < -0.39 is 11.9 Å². The van der Waals surface area contributed by atoms with Gasteiger partial charge in [0.1, 0.15) is 7.85 Å². The third kappa shape index (κ3) is 2.60. The van der Waals surface area contributed by atoms with E-state index in [2.05, 4.69) is 5.09 Å². The smallest absolute Gasteiger partial charge is 0.311 e. The molecule has 0 heterocycles. The van der Waals surface area contributed by atoms with Gasteiger partial charge in [-0.1, -0.05) is 9.39 Å². The van der Waals surface area contributed by atoms with Crippen LogP contribution in [0.2, 0.25) is 0 Å². The molecular formula is C2H5BNO2P. The summed E-state index contributed by atoms with van der Waals surface area (Å²) in [4.78, 5) is 9.73. The first-order valence-electron chi connectivity index (χ1n) is 1.63. The second-order valence-corrected chi connectivity index (χ2v) is 1.32. The van der Waals surface area contributed by atoms with Gasteiger partial charge in [0, 0.05) is 0 Å². The van der Waals surface area contributed by atoms with Gasteiger partial charge in [-0.15, -0.1) is 0 Å². The summed E-state index contributed by atoms with van der Waals surface area (Å²) in [5.74, 6) is -2.03. The molecule has 2 radical (unpaired) electrons. The Kier molecular flexibility index (Phi) is 2.96. The number of hydrogen-bond acceptors (Lipinski definition) is 2. The Morgan fingerprint density at radius 3 is 2.43 bits per heavy atom. The molecule has 0 aromatic carbocycles. The van der Waals surface area contributed by atoms with E-state index in [-0.39, 0.29) is 0 Å². The van der Waals surface area contributed by atoms with Crippen molar-refractivity contribution in [3.8, 4) is 0 Å². The van der Waals surface area contributed by atoms with Gasteiger partial charge in [-0.3, -0.25) is 9.88 Å². The minimum absolute atomic E-state index is 0.968. The van der Waals surface area contributed by atoms with Gasteiger partial charge in [0.25, 0.3) is 0 Å². The maximum absolute atomic E-state index is 9.73. The molecule has 2 N–H and O–H groups in total. The molecule has 0 aromatic heterocycles. The van der Waals surface area contributed by atoms with E-state index in [4.69, 9.17) is 13.0 Å². The van der Waals surface area contributed by atoms with Crippen molar-refractivity contribution in [1.29, 1.82) is 0 Å². The average molecular weight is 117 g/mol. The molecule has 0 aliphatic heterocycles. The molecule has 0 fully saturated rings. The topological polar surface area (TPSA) is 49.3 Å². The van der Waals surface area contributed by atoms with Gasteiger partial charge >= 0.3 is 5.97 Å². The first kappa shape index (κ1) is 6.92. The van der Waals surface area contributed by atoms with E-state index in [0.29, 0.717) is 0 Å². The Hall–Kier alpha value is -0.0751. The summed E-state index contributed by atoms with van der Waals surface area (Å²) in [6, 6.07) is 0. The van der Waals surface area contributed by atoms with E-state index in [1.807, 2.05) is 9.39 Å². The van der Waals surface area contributed by atoms with Crippen molar-refractivity contribution in [2.75, 3.05) is 0 Å². The highest BCUT2D eigenvalue weighted by Gasteiger charge is 2.03. The number of rotatable bonds is 2. The van der Waals surface area contributed by atoms with Crippen LogP contribution in [0.4, 0.5) is 0 Å². The van der Waals surface area contributed by atoms with E-state index in [1.54, 1.807) is 0 Å². The lowest BCUT2D eigenvalue weighted by atomic mass is 9.99. The Balaban J connectivity index is 3.34. The molecule has 0 aliphatic carbocycles. The summed E-state index contributed by atoms with van der Waals surface area (Å²) in [5, 5.41) is 10.2. The molecule has 0 amide bonds. The van der Waals surface area contributed by atoms with Crippen molar-refractivity contribution in [2.24, 2.45) is 0 Å². The number of nitrogens with one attached hydrogen (secondary N) is 1. The van der Waals surface area contributed by atoms with Crippen molar-refractivity contribution in [2.45, 2.75) is 5.94 Å². The molecule has 0 aliphatic rings. The Morgan fingerprint density at radius 2 is 2.43 bits per heavy atom. The predicted octanol–water partition coefficient (Wildman–Crippen LogP) is -1.05. The molecule has 0 rings (SSSR count). The SMILES string of the molecule is [B]C(NP)C(=O)O. The minimum Gasteiger partial charge on any atom is -0.481 e. The number of hydrogen-bond donors (Lipinski definition) is 2. The third-order valence-electron chi connectivity index (χ3n) is 0.446. The van der Waals surface area contributed by atoms with E-state index in [1.165, 1.54) is 0 Å². The fourth-order valence-electron chi connectivity index (χ4n) is 0.0713. The van der Waals surface area contributed by atoms with Crippen LogP contribution in [0.3, 0.4) is 0 Å². The quantitative estimate of drug-likeness (QED) is 0.358. The summed E-state index contributed by atoms with van der Waals surface area (Å²) >= 11 is 0. The van der Waals surface area contributed by atoms with E-state index in [9.17, 15) is 4.79 Å². The zero-order chi connectivity index (χ0) is 5.86. The fraction of sp³-hybridized carbons (Fsp3) is 0.500. The third-order valence-corrected chi connectivity index (χ3v) is 0.805. The maximum Gasteiger partial charge on any atom is 0.311 e. The van der Waals surface area contributed by atoms with Crippen LogP contribution in [-0.2, 0) is 4.79 Å². The van der Waals surface area contributed by atoms with Gasteiger partial charge in [0.15, 0.2) is 0 Å². The minimum atomic E-state index is -1.06. The average Bonchev–Trinajstić information content (AvgIpc) is 1.65. The van der Waals surface area contributed by atoms with E-state index >= 15 is 0 Å². The molecule has 0 saturated carbocycles. The zero-order valence-corrected chi connectivity index (χ0v) is 4.74. The van der Waals surface area contributed by atoms with Crippen LogP contribution in [0.5, 0.6) is 0 Å². The first-order valence-corrected chi connectivity index (χ1v) is 2.20. The van der Waals surface area contributed by atoms with Crippen LogP contribution in [0.1, 0.15) is 0 Å². The van der Waals surface area contributed by atoms with Crippen LogP contribution in [-0.4, -0.2) is 24.9 Å². The predicted molar refractivity (Wildman–Crippen MR) is 30.0 cm³/mol. The van der Waals surface area contributed by atoms with Crippen molar-refractivity contribution < 1.29 is 9.90 Å². The van der Waals surface area contributed by atoms with E-state index in [0.717, 1.165) is 0 Å². The van der Waals surface area contributed by atoms with Gasteiger partial charge in [-0.25, -0.2) is 0 Å². The molecule has 3 nitrogen and oxygen atoms in total. The molecule has 7 heavy (non-hydrogen) atoms. The second-order valence-electron chi connectivity index (χ2n) is 0.983. The lowest BCUT2D eigenvalue weighted by molar-refractivity contribution is -0.136. The van der Waals surface area contributed by atoms with Crippen molar-refractivity contribution in [3.63, 3.8) is 0 Å². The Labute approximate surface area is 45.1 Å². The highest BCUT2D eigenvalue weighted by Crippen LogP contribution is 1.77. The van der Waals surface area contributed by atoms with Crippen LogP contribution >= 0.6 is 9.39 Å². The monoisotopic (exact) mass is 117 g/mol. The van der Waals surface area contributed by atoms with Crippen LogP contribution in [0.25, 0.3) is 0 Å². The van der Waals surface area contributed by atoms with Crippen molar-refractivity contribution in [3.05, 3.63) is 0 Å². The molecule has 38 valence electrons. The molecule has 2 atom stereocenters. The summed E-state index contributed by atoms with van der Waals surface area (Å²) in [6.07, 6.45) is 0. The van der Waals surface area contributed by atoms with Gasteiger partial charge < -0.3 is 5.11 Å². The summed E-state index contributed by atoms with van der Waals surface area (Å²) < 4.78 is 0. The summed E-state index contributed by atoms with van der Waals surface area (Å²) in [7, 11) is 6.89. The molecule has 2 unspecified atom stereocenters. The first-order chi connectivity index (χ1) is 3.18. The summed E-state index contributed by atoms with van der Waals surface area (Å²) in [6.45, 7) is 0. The highest BCUT2D eigenvalue weighted by molar-refractivity contribution is 7.14. The Morgan fingerprint density at radius 1 is 2.00 bits per heavy atom. The molecule has 5 heteroatoms. The van der Waals surface area contributed by atoms with Gasteiger partial charge in [-0.05, 0) is 0 Å². The van der Waals surface area contributed by atoms with Crippen LogP contribution in [0.15, 0.2) is 0 Å². The summed E-state index contributed by atoms with van der Waals surface area (Å²) in [5.41, 5.74) is 0. The number of carboxylic acids is 1. The van der Waals surface area contributed by atoms with Gasteiger partial charge in [-0.2, -0.15) is 0 Å². The van der Waals surface area contributed by atoms with Crippen molar-refractivity contribution in [1.82, 2.24) is 5.09 Å². The lowest BCUT2D eigenvalue weighted by Gasteiger charge is -1.99. The van der Waals surface area contributed by atoms with Crippen LogP contribution < -0.4 is 5.09 Å². The maximum atomic E-state index is 9.73. The normalized spacial score (nSPS) is 13.3.